The molecule has 0 atom stereocenters. The van der Waals surface area contributed by atoms with Gasteiger partial charge in [-0.15, -0.1) is 0 Å². The summed E-state index contributed by atoms with van der Waals surface area (Å²) in [6, 6.07) is 3.31. The molecule has 1 aromatic carbocycles. The molecular weight excluding hydrogens is 340 g/mol. The van der Waals surface area contributed by atoms with Gasteiger partial charge in [-0.2, -0.15) is 4.31 Å². The van der Waals surface area contributed by atoms with Gasteiger partial charge in [0.1, 0.15) is 5.75 Å². The average Bonchev–Trinajstić information content (AvgIpc) is 2.55. The lowest BCUT2D eigenvalue weighted by molar-refractivity contribution is -0.139. The van der Waals surface area contributed by atoms with Crippen molar-refractivity contribution < 1.29 is 17.9 Å². The van der Waals surface area contributed by atoms with Gasteiger partial charge in [0.2, 0.25) is 15.9 Å². The van der Waals surface area contributed by atoms with Gasteiger partial charge in [0.05, 0.1) is 12.0 Å². The number of sulfonamides is 1. The van der Waals surface area contributed by atoms with Crippen LogP contribution >= 0.6 is 0 Å². The summed E-state index contributed by atoms with van der Waals surface area (Å²) in [5.41, 5.74) is 1.55. The zero-order valence-electron chi connectivity index (χ0n) is 15.1. The van der Waals surface area contributed by atoms with Crippen LogP contribution in [-0.4, -0.2) is 56.8 Å². The van der Waals surface area contributed by atoms with E-state index in [1.54, 1.807) is 26.2 Å². The highest BCUT2D eigenvalue weighted by atomic mass is 32.2. The van der Waals surface area contributed by atoms with E-state index in [2.05, 4.69) is 0 Å². The zero-order valence-corrected chi connectivity index (χ0v) is 15.9. The molecule has 25 heavy (non-hydrogen) atoms. The van der Waals surface area contributed by atoms with E-state index in [0.717, 1.165) is 24.8 Å². The van der Waals surface area contributed by atoms with Gasteiger partial charge in [-0.25, -0.2) is 8.42 Å². The molecular formula is C18H26N2O4S. The van der Waals surface area contributed by atoms with Crippen molar-refractivity contribution in [2.75, 3.05) is 33.3 Å². The lowest BCUT2D eigenvalue weighted by atomic mass is 9.84. The zero-order chi connectivity index (χ0) is 18.2. The van der Waals surface area contributed by atoms with Crippen LogP contribution < -0.4 is 4.74 Å². The third kappa shape index (κ3) is 3.27. The molecule has 1 saturated carbocycles. The van der Waals surface area contributed by atoms with Gasteiger partial charge < -0.3 is 9.64 Å². The smallest absolute Gasteiger partial charge is 0.243 e. The Morgan fingerprint density at radius 2 is 1.72 bits per heavy atom. The van der Waals surface area contributed by atoms with Crippen molar-refractivity contribution >= 4 is 15.9 Å². The van der Waals surface area contributed by atoms with Crippen molar-refractivity contribution in [2.45, 2.75) is 38.0 Å². The van der Waals surface area contributed by atoms with Crippen molar-refractivity contribution in [1.29, 1.82) is 0 Å². The molecule has 2 aliphatic rings. The van der Waals surface area contributed by atoms with Crippen molar-refractivity contribution in [2.24, 2.45) is 5.92 Å². The van der Waals surface area contributed by atoms with Crippen LogP contribution in [0.4, 0.5) is 0 Å². The van der Waals surface area contributed by atoms with Gasteiger partial charge in [-0.1, -0.05) is 6.42 Å². The number of benzene rings is 1. The van der Waals surface area contributed by atoms with E-state index in [4.69, 9.17) is 4.74 Å². The van der Waals surface area contributed by atoms with E-state index in [1.807, 2.05) is 11.8 Å². The van der Waals surface area contributed by atoms with Gasteiger partial charge in [-0.05, 0) is 49.9 Å². The number of piperazine rings is 1. The second-order valence-electron chi connectivity index (χ2n) is 6.87. The number of amides is 1. The first kappa shape index (κ1) is 18.2. The summed E-state index contributed by atoms with van der Waals surface area (Å²) >= 11 is 0. The molecule has 1 amide bonds. The summed E-state index contributed by atoms with van der Waals surface area (Å²) in [5.74, 6) is 1.04. The third-order valence-electron chi connectivity index (χ3n) is 5.53. The van der Waals surface area contributed by atoms with Gasteiger partial charge >= 0.3 is 0 Å². The Morgan fingerprint density at radius 3 is 2.24 bits per heavy atom. The molecule has 1 heterocycles. The van der Waals surface area contributed by atoms with Crippen molar-refractivity contribution in [3.8, 4) is 5.75 Å². The molecule has 1 aliphatic heterocycles. The van der Waals surface area contributed by atoms with E-state index in [9.17, 15) is 13.2 Å². The largest absolute Gasteiger partial charge is 0.496 e. The first-order valence-electron chi connectivity index (χ1n) is 8.79. The van der Waals surface area contributed by atoms with Crippen LogP contribution in [-0.2, 0) is 14.8 Å². The van der Waals surface area contributed by atoms with E-state index in [-0.39, 0.29) is 11.8 Å². The monoisotopic (exact) mass is 366 g/mol. The number of carbonyl (C=O) groups is 1. The van der Waals surface area contributed by atoms with Crippen LogP contribution in [0.15, 0.2) is 17.0 Å². The molecule has 0 spiro atoms. The Hall–Kier alpha value is -1.60. The van der Waals surface area contributed by atoms with Crippen LogP contribution in [0.25, 0.3) is 0 Å². The molecule has 1 saturated heterocycles. The van der Waals surface area contributed by atoms with Crippen molar-refractivity contribution in [3.05, 3.63) is 23.3 Å². The minimum absolute atomic E-state index is 0.162. The summed E-state index contributed by atoms with van der Waals surface area (Å²) in [7, 11) is -1.98. The van der Waals surface area contributed by atoms with Gasteiger partial charge in [-0.3, -0.25) is 4.79 Å². The number of nitrogens with zero attached hydrogens (tertiary/aromatic N) is 2. The Kier molecular flexibility index (Phi) is 5.06. The lowest BCUT2D eigenvalue weighted by Crippen LogP contribution is -2.52. The predicted octanol–water partition coefficient (Wildman–Crippen LogP) is 1.95. The number of rotatable bonds is 4. The Bertz CT molecular complexity index is 764. The van der Waals surface area contributed by atoms with Gasteiger partial charge in [0.15, 0.2) is 0 Å². The van der Waals surface area contributed by atoms with Gasteiger partial charge in [0.25, 0.3) is 0 Å². The van der Waals surface area contributed by atoms with E-state index in [1.165, 1.54) is 4.31 Å². The van der Waals surface area contributed by atoms with Crippen molar-refractivity contribution in [3.63, 3.8) is 0 Å². The minimum atomic E-state index is -3.56. The number of ether oxygens (including phenoxy) is 1. The molecule has 6 nitrogen and oxygen atoms in total. The number of methoxy groups -OCH3 is 1. The summed E-state index contributed by atoms with van der Waals surface area (Å²) in [4.78, 5) is 14.5. The standard InChI is InChI=1S/C18H26N2O4S/c1-13-14(2)17(8-7-16(13)24-3)25(22,23)20-11-9-19(10-12-20)18(21)15-5-4-6-15/h7-8,15H,4-6,9-12H2,1-3H3. The molecule has 7 heteroatoms. The van der Waals surface area contributed by atoms with Crippen LogP contribution in [0.5, 0.6) is 5.75 Å². The molecule has 138 valence electrons. The second-order valence-corrected chi connectivity index (χ2v) is 8.78. The van der Waals surface area contributed by atoms with Crippen LogP contribution in [0.2, 0.25) is 0 Å². The summed E-state index contributed by atoms with van der Waals surface area (Å²) in [6.45, 7) is 5.33. The van der Waals surface area contributed by atoms with Gasteiger partial charge in [0, 0.05) is 32.1 Å². The Balaban J connectivity index is 1.74. The molecule has 2 fully saturated rings. The SMILES string of the molecule is COc1ccc(S(=O)(=O)N2CCN(C(=O)C3CCC3)CC2)c(C)c1C. The molecule has 0 bridgehead atoms. The average molecular weight is 366 g/mol. The first-order valence-corrected chi connectivity index (χ1v) is 10.2. The number of carbonyl (C=O) groups excluding carboxylic acids is 1. The minimum Gasteiger partial charge on any atom is -0.496 e. The maximum absolute atomic E-state index is 13.0. The predicted molar refractivity (Wildman–Crippen MR) is 95.1 cm³/mol. The number of hydrogen-bond acceptors (Lipinski definition) is 4. The highest BCUT2D eigenvalue weighted by molar-refractivity contribution is 7.89. The second kappa shape index (κ2) is 6.96. The third-order valence-corrected chi connectivity index (χ3v) is 7.57. The molecule has 3 rings (SSSR count). The molecule has 0 aromatic heterocycles. The molecule has 1 aromatic rings. The van der Waals surface area contributed by atoms with E-state index in [0.29, 0.717) is 42.4 Å². The maximum Gasteiger partial charge on any atom is 0.243 e. The molecule has 0 unspecified atom stereocenters. The van der Waals surface area contributed by atoms with E-state index >= 15 is 0 Å². The molecule has 1 aliphatic carbocycles. The quantitative estimate of drug-likeness (QED) is 0.817. The lowest BCUT2D eigenvalue weighted by Gasteiger charge is -2.37. The Labute approximate surface area is 149 Å². The normalized spacial score (nSPS) is 19.6. The molecule has 0 radical (unpaired) electrons. The highest BCUT2D eigenvalue weighted by Crippen LogP contribution is 2.31. The van der Waals surface area contributed by atoms with Crippen LogP contribution in [0.1, 0.15) is 30.4 Å². The maximum atomic E-state index is 13.0. The van der Waals surface area contributed by atoms with E-state index < -0.39 is 10.0 Å². The summed E-state index contributed by atoms with van der Waals surface area (Å²) in [5, 5.41) is 0. The van der Waals surface area contributed by atoms with Crippen molar-refractivity contribution in [1.82, 2.24) is 9.21 Å². The fraction of sp³-hybridized carbons (Fsp3) is 0.611. The Morgan fingerprint density at radius 1 is 1.08 bits per heavy atom. The first-order chi connectivity index (χ1) is 11.9. The number of hydrogen-bond donors (Lipinski definition) is 0. The highest BCUT2D eigenvalue weighted by Gasteiger charge is 2.35. The van der Waals surface area contributed by atoms with Crippen LogP contribution in [0.3, 0.4) is 0 Å². The fourth-order valence-corrected chi connectivity index (χ4v) is 5.18. The van der Waals surface area contributed by atoms with Crippen LogP contribution in [0, 0.1) is 19.8 Å². The summed E-state index contributed by atoms with van der Waals surface area (Å²) in [6.07, 6.45) is 3.07. The fourth-order valence-electron chi connectivity index (χ4n) is 3.47. The molecule has 0 N–H and O–H groups in total. The summed E-state index contributed by atoms with van der Waals surface area (Å²) < 4.78 is 32.8. The topological polar surface area (TPSA) is 66.9 Å².